The first-order valence-electron chi connectivity index (χ1n) is 8.13. The van der Waals surface area contributed by atoms with E-state index in [4.69, 9.17) is 0 Å². The lowest BCUT2D eigenvalue weighted by atomic mass is 9.96. The summed E-state index contributed by atoms with van der Waals surface area (Å²) in [6.07, 6.45) is 1.40. The standard InChI is InChI=1S/C17H21N3O2S2/c1-11(2)13-10-24-17(18-13)19-15(21)12-5-7-20(8-6-12)16(22)14-4-3-9-23-14/h3-4,9-12H,5-8H2,1-2H3,(H,18,19,21). The molecule has 1 N–H and O–H groups in total. The van der Waals surface area contributed by atoms with Crippen molar-refractivity contribution in [2.75, 3.05) is 18.4 Å². The molecule has 0 atom stereocenters. The zero-order valence-corrected chi connectivity index (χ0v) is 15.5. The number of anilines is 1. The number of thiophene rings is 1. The molecule has 0 aliphatic carbocycles. The molecule has 1 saturated heterocycles. The van der Waals surface area contributed by atoms with E-state index in [9.17, 15) is 9.59 Å². The number of likely N-dealkylation sites (tertiary alicyclic amines) is 1. The maximum absolute atomic E-state index is 12.4. The molecule has 0 radical (unpaired) electrons. The Kier molecular flexibility index (Phi) is 5.30. The first-order chi connectivity index (χ1) is 11.5. The molecule has 3 rings (SSSR count). The molecule has 1 aliphatic rings. The van der Waals surface area contributed by atoms with E-state index in [0.717, 1.165) is 10.6 Å². The van der Waals surface area contributed by atoms with Crippen molar-refractivity contribution in [1.29, 1.82) is 0 Å². The zero-order valence-electron chi connectivity index (χ0n) is 13.8. The van der Waals surface area contributed by atoms with Gasteiger partial charge in [-0.3, -0.25) is 9.59 Å². The fraction of sp³-hybridized carbons (Fsp3) is 0.471. The van der Waals surface area contributed by atoms with Crippen LogP contribution in [0.5, 0.6) is 0 Å². The Morgan fingerprint density at radius 2 is 2.04 bits per heavy atom. The first-order valence-corrected chi connectivity index (χ1v) is 9.89. The summed E-state index contributed by atoms with van der Waals surface area (Å²) in [4.78, 5) is 31.8. The highest BCUT2D eigenvalue weighted by molar-refractivity contribution is 7.14. The van der Waals surface area contributed by atoms with Gasteiger partial charge in [0.25, 0.3) is 5.91 Å². The van der Waals surface area contributed by atoms with Crippen molar-refractivity contribution in [1.82, 2.24) is 9.88 Å². The van der Waals surface area contributed by atoms with Crippen LogP contribution in [0.15, 0.2) is 22.9 Å². The van der Waals surface area contributed by atoms with Gasteiger partial charge in [-0.25, -0.2) is 4.98 Å². The molecule has 7 heteroatoms. The number of thiazole rings is 1. The average molecular weight is 364 g/mol. The molecule has 3 heterocycles. The molecular weight excluding hydrogens is 342 g/mol. The van der Waals surface area contributed by atoms with Crippen molar-refractivity contribution in [2.45, 2.75) is 32.6 Å². The minimum atomic E-state index is -0.0521. The summed E-state index contributed by atoms with van der Waals surface area (Å²) in [6, 6.07) is 3.73. The second-order valence-corrected chi connectivity index (χ2v) is 8.07. The molecule has 2 aromatic rings. The summed E-state index contributed by atoms with van der Waals surface area (Å²) in [5.41, 5.74) is 1.01. The first kappa shape index (κ1) is 17.1. The van der Waals surface area contributed by atoms with E-state index in [1.807, 2.05) is 27.8 Å². The van der Waals surface area contributed by atoms with Gasteiger partial charge in [-0.15, -0.1) is 22.7 Å². The molecular formula is C17H21N3O2S2. The fourth-order valence-corrected chi connectivity index (χ4v) is 4.28. The number of carbonyl (C=O) groups is 2. The molecule has 0 aromatic carbocycles. The lowest BCUT2D eigenvalue weighted by Gasteiger charge is -2.30. The predicted octanol–water partition coefficient (Wildman–Crippen LogP) is 3.82. The predicted molar refractivity (Wildman–Crippen MR) is 97.8 cm³/mol. The van der Waals surface area contributed by atoms with Gasteiger partial charge in [0.1, 0.15) is 0 Å². The van der Waals surface area contributed by atoms with Crippen LogP contribution in [0.25, 0.3) is 0 Å². The summed E-state index contributed by atoms with van der Waals surface area (Å²) in [6.45, 7) is 5.43. The molecule has 1 fully saturated rings. The second kappa shape index (κ2) is 7.44. The van der Waals surface area contributed by atoms with Crippen LogP contribution in [-0.4, -0.2) is 34.8 Å². The summed E-state index contributed by atoms with van der Waals surface area (Å²) in [7, 11) is 0. The monoisotopic (exact) mass is 363 g/mol. The summed E-state index contributed by atoms with van der Waals surface area (Å²) in [5.74, 6) is 0.399. The Balaban J connectivity index is 1.52. The fourth-order valence-electron chi connectivity index (χ4n) is 2.72. The van der Waals surface area contributed by atoms with E-state index < -0.39 is 0 Å². The Labute approximate surface area is 149 Å². The zero-order chi connectivity index (χ0) is 17.1. The number of rotatable bonds is 4. The summed E-state index contributed by atoms with van der Waals surface area (Å²) < 4.78 is 0. The van der Waals surface area contributed by atoms with Crippen LogP contribution in [0.3, 0.4) is 0 Å². The Bertz CT molecular complexity index is 701. The quantitative estimate of drug-likeness (QED) is 0.898. The number of piperidine rings is 1. The van der Waals surface area contributed by atoms with Crippen molar-refractivity contribution in [3.8, 4) is 0 Å². The van der Waals surface area contributed by atoms with Crippen molar-refractivity contribution in [3.63, 3.8) is 0 Å². The van der Waals surface area contributed by atoms with Gasteiger partial charge in [-0.05, 0) is 30.2 Å². The molecule has 128 valence electrons. The molecule has 0 spiro atoms. The molecule has 5 nitrogen and oxygen atoms in total. The van der Waals surface area contributed by atoms with Crippen molar-refractivity contribution in [2.24, 2.45) is 5.92 Å². The van der Waals surface area contributed by atoms with Gasteiger partial charge in [0.2, 0.25) is 5.91 Å². The van der Waals surface area contributed by atoms with E-state index in [1.54, 1.807) is 0 Å². The highest BCUT2D eigenvalue weighted by Gasteiger charge is 2.28. The number of nitrogens with one attached hydrogen (secondary N) is 1. The number of carbonyl (C=O) groups excluding carboxylic acids is 2. The number of hydrogen-bond acceptors (Lipinski definition) is 5. The van der Waals surface area contributed by atoms with Crippen LogP contribution in [0.2, 0.25) is 0 Å². The maximum atomic E-state index is 12.4. The minimum absolute atomic E-state index is 0.0166. The maximum Gasteiger partial charge on any atom is 0.263 e. The van der Waals surface area contributed by atoms with E-state index in [2.05, 4.69) is 24.1 Å². The third-order valence-electron chi connectivity index (χ3n) is 4.23. The highest BCUT2D eigenvalue weighted by atomic mass is 32.1. The largest absolute Gasteiger partial charge is 0.338 e. The molecule has 0 bridgehead atoms. The second-order valence-electron chi connectivity index (χ2n) is 6.27. The normalized spacial score (nSPS) is 15.7. The lowest BCUT2D eigenvalue weighted by Crippen LogP contribution is -2.41. The average Bonchev–Trinajstić information content (AvgIpc) is 3.26. The smallest absolute Gasteiger partial charge is 0.263 e. The minimum Gasteiger partial charge on any atom is -0.338 e. The van der Waals surface area contributed by atoms with E-state index in [-0.39, 0.29) is 17.7 Å². The van der Waals surface area contributed by atoms with Gasteiger partial charge in [-0.1, -0.05) is 19.9 Å². The summed E-state index contributed by atoms with van der Waals surface area (Å²) in [5, 5.41) is 7.49. The van der Waals surface area contributed by atoms with E-state index in [1.165, 1.54) is 22.7 Å². The van der Waals surface area contributed by atoms with E-state index >= 15 is 0 Å². The molecule has 1 aliphatic heterocycles. The van der Waals surface area contributed by atoms with Crippen LogP contribution >= 0.6 is 22.7 Å². The molecule has 24 heavy (non-hydrogen) atoms. The van der Waals surface area contributed by atoms with Crippen LogP contribution in [0, 0.1) is 5.92 Å². The lowest BCUT2D eigenvalue weighted by molar-refractivity contribution is -0.121. The SMILES string of the molecule is CC(C)c1csc(NC(=O)C2CCN(C(=O)c3cccs3)CC2)n1. The Hall–Kier alpha value is -1.73. The molecule has 0 saturated carbocycles. The van der Waals surface area contributed by atoms with Crippen molar-refractivity contribution in [3.05, 3.63) is 33.5 Å². The van der Waals surface area contributed by atoms with Gasteiger partial charge in [0.15, 0.2) is 5.13 Å². The highest BCUT2D eigenvalue weighted by Crippen LogP contribution is 2.25. The van der Waals surface area contributed by atoms with Crippen LogP contribution in [0.4, 0.5) is 5.13 Å². The number of hydrogen-bond donors (Lipinski definition) is 1. The van der Waals surface area contributed by atoms with Gasteiger partial charge in [0, 0.05) is 24.4 Å². The van der Waals surface area contributed by atoms with Gasteiger partial charge in [-0.2, -0.15) is 0 Å². The van der Waals surface area contributed by atoms with Crippen molar-refractivity contribution >= 4 is 39.6 Å². The number of nitrogens with zero attached hydrogens (tertiary/aromatic N) is 2. The third-order valence-corrected chi connectivity index (χ3v) is 5.86. The topological polar surface area (TPSA) is 62.3 Å². The molecule has 0 unspecified atom stereocenters. The molecule has 2 amide bonds. The number of aromatic nitrogens is 1. The van der Waals surface area contributed by atoms with Crippen molar-refractivity contribution < 1.29 is 9.59 Å². The van der Waals surface area contributed by atoms with Crippen LogP contribution in [-0.2, 0) is 4.79 Å². The van der Waals surface area contributed by atoms with E-state index in [0.29, 0.717) is 37.0 Å². The Morgan fingerprint density at radius 1 is 1.29 bits per heavy atom. The molecule has 2 aromatic heterocycles. The van der Waals surface area contributed by atoms with Gasteiger partial charge >= 0.3 is 0 Å². The van der Waals surface area contributed by atoms with Gasteiger partial charge < -0.3 is 10.2 Å². The van der Waals surface area contributed by atoms with Gasteiger partial charge in [0.05, 0.1) is 10.6 Å². The summed E-state index contributed by atoms with van der Waals surface area (Å²) >= 11 is 2.93. The van der Waals surface area contributed by atoms with Crippen LogP contribution < -0.4 is 5.32 Å². The number of amides is 2. The third kappa shape index (κ3) is 3.84. The Morgan fingerprint density at radius 3 is 2.62 bits per heavy atom. The van der Waals surface area contributed by atoms with Crippen LogP contribution in [0.1, 0.15) is 48.0 Å².